The van der Waals surface area contributed by atoms with E-state index < -0.39 is 5.97 Å². The maximum Gasteiger partial charge on any atom is 0.352 e. The number of likely N-dealkylation sites (tertiary alicyclic amines) is 1. The summed E-state index contributed by atoms with van der Waals surface area (Å²) in [5, 5.41) is 9.92. The van der Waals surface area contributed by atoms with Gasteiger partial charge in [0, 0.05) is 30.5 Å². The van der Waals surface area contributed by atoms with Crippen LogP contribution in [0.15, 0.2) is 54.6 Å². The van der Waals surface area contributed by atoms with Crippen LogP contribution >= 0.6 is 0 Å². The first-order valence-corrected chi connectivity index (χ1v) is 8.46. The quantitative estimate of drug-likeness (QED) is 0.748. The van der Waals surface area contributed by atoms with Gasteiger partial charge in [-0.25, -0.2) is 4.79 Å². The van der Waals surface area contributed by atoms with Gasteiger partial charge >= 0.3 is 5.97 Å². The molecule has 0 unspecified atom stereocenters. The smallest absolute Gasteiger partial charge is 0.352 e. The molecule has 0 saturated carbocycles. The highest BCUT2D eigenvalue weighted by Gasteiger charge is 2.24. The average molecular weight is 336 g/mol. The standard InChI is InChI=1S/C20H20N2O3/c23-20(24)19-11-15-10-16(6-7-18(15)21-19)25-17-8-9-22(13-17)12-14-4-2-1-3-5-14/h1-7,10-11,17,21H,8-9,12-13H2,(H,23,24)/t17-/m0/s1. The van der Waals surface area contributed by atoms with Crippen LogP contribution in [0.4, 0.5) is 0 Å². The molecule has 1 atom stereocenters. The van der Waals surface area contributed by atoms with Crippen LogP contribution in [0.5, 0.6) is 5.75 Å². The van der Waals surface area contributed by atoms with Gasteiger partial charge in [-0.05, 0) is 36.2 Å². The number of carboxylic acids is 1. The van der Waals surface area contributed by atoms with E-state index in [2.05, 4.69) is 34.1 Å². The van der Waals surface area contributed by atoms with Crippen molar-refractivity contribution in [1.82, 2.24) is 9.88 Å². The van der Waals surface area contributed by atoms with Gasteiger partial charge in [-0.3, -0.25) is 4.90 Å². The number of aromatic amines is 1. The Hall–Kier alpha value is -2.79. The molecule has 1 aromatic heterocycles. The van der Waals surface area contributed by atoms with Crippen LogP contribution in [0.2, 0.25) is 0 Å². The van der Waals surface area contributed by atoms with Crippen LogP contribution in [0.1, 0.15) is 22.5 Å². The summed E-state index contributed by atoms with van der Waals surface area (Å²) >= 11 is 0. The number of aromatic carboxylic acids is 1. The molecule has 0 aliphatic carbocycles. The van der Waals surface area contributed by atoms with Crippen molar-refractivity contribution in [1.29, 1.82) is 0 Å². The van der Waals surface area contributed by atoms with E-state index in [1.165, 1.54) is 5.56 Å². The van der Waals surface area contributed by atoms with Crippen molar-refractivity contribution >= 4 is 16.9 Å². The molecule has 1 aliphatic rings. The molecule has 3 aromatic rings. The van der Waals surface area contributed by atoms with Crippen LogP contribution in [0.3, 0.4) is 0 Å². The van der Waals surface area contributed by atoms with Gasteiger partial charge in [-0.1, -0.05) is 30.3 Å². The summed E-state index contributed by atoms with van der Waals surface area (Å²) in [5.41, 5.74) is 2.32. The third-order valence-electron chi connectivity index (χ3n) is 4.60. The summed E-state index contributed by atoms with van der Waals surface area (Å²) in [6.07, 6.45) is 1.16. The number of nitrogens with zero attached hydrogens (tertiary/aromatic N) is 1. The Morgan fingerprint density at radius 3 is 2.84 bits per heavy atom. The van der Waals surface area contributed by atoms with Gasteiger partial charge in [0.25, 0.3) is 0 Å². The topological polar surface area (TPSA) is 65.6 Å². The lowest BCUT2D eigenvalue weighted by molar-refractivity contribution is 0.0691. The number of rotatable bonds is 5. The molecule has 1 aliphatic heterocycles. The maximum atomic E-state index is 11.1. The van der Waals surface area contributed by atoms with Crippen LogP contribution < -0.4 is 4.74 Å². The van der Waals surface area contributed by atoms with Gasteiger partial charge in [0.15, 0.2) is 0 Å². The first kappa shape index (κ1) is 15.7. The van der Waals surface area contributed by atoms with Crippen LogP contribution in [-0.2, 0) is 6.54 Å². The molecule has 2 heterocycles. The lowest BCUT2D eigenvalue weighted by atomic mass is 10.2. The minimum atomic E-state index is -0.953. The number of carboxylic acid groups (broad SMARTS) is 1. The minimum absolute atomic E-state index is 0.166. The Morgan fingerprint density at radius 1 is 1.20 bits per heavy atom. The van der Waals surface area contributed by atoms with Crippen molar-refractivity contribution in [2.24, 2.45) is 0 Å². The number of nitrogens with one attached hydrogen (secondary N) is 1. The summed E-state index contributed by atoms with van der Waals surface area (Å²) in [5.74, 6) is -0.166. The predicted molar refractivity (Wildman–Crippen MR) is 96.0 cm³/mol. The minimum Gasteiger partial charge on any atom is -0.489 e. The first-order chi connectivity index (χ1) is 12.2. The van der Waals surface area contributed by atoms with E-state index in [0.29, 0.717) is 0 Å². The fourth-order valence-electron chi connectivity index (χ4n) is 3.37. The maximum absolute atomic E-state index is 11.1. The number of hydrogen-bond donors (Lipinski definition) is 2. The summed E-state index contributed by atoms with van der Waals surface area (Å²) < 4.78 is 6.12. The molecule has 5 nitrogen and oxygen atoms in total. The third kappa shape index (κ3) is 3.51. The van der Waals surface area contributed by atoms with Gasteiger partial charge in [-0.15, -0.1) is 0 Å². The molecule has 2 aromatic carbocycles. The fourth-order valence-corrected chi connectivity index (χ4v) is 3.37. The molecular formula is C20H20N2O3. The first-order valence-electron chi connectivity index (χ1n) is 8.46. The van der Waals surface area contributed by atoms with E-state index in [1.54, 1.807) is 6.07 Å². The molecule has 25 heavy (non-hydrogen) atoms. The Kier molecular flexibility index (Phi) is 4.15. The zero-order valence-electron chi connectivity index (χ0n) is 13.8. The van der Waals surface area contributed by atoms with E-state index in [1.807, 2.05) is 24.3 Å². The van der Waals surface area contributed by atoms with E-state index in [4.69, 9.17) is 9.84 Å². The molecule has 0 spiro atoms. The fraction of sp³-hybridized carbons (Fsp3) is 0.250. The number of H-pyrrole nitrogens is 1. The van der Waals surface area contributed by atoms with Crippen LogP contribution in [-0.4, -0.2) is 40.2 Å². The molecule has 0 bridgehead atoms. The zero-order chi connectivity index (χ0) is 17.2. The van der Waals surface area contributed by atoms with Crippen LogP contribution in [0.25, 0.3) is 10.9 Å². The highest BCUT2D eigenvalue weighted by Crippen LogP contribution is 2.25. The van der Waals surface area contributed by atoms with Crippen molar-refractivity contribution in [3.63, 3.8) is 0 Å². The van der Waals surface area contributed by atoms with Crippen molar-refractivity contribution in [3.05, 3.63) is 65.9 Å². The van der Waals surface area contributed by atoms with Crippen LogP contribution in [0, 0.1) is 0 Å². The molecule has 0 radical (unpaired) electrons. The van der Waals surface area contributed by atoms with Crippen molar-refractivity contribution < 1.29 is 14.6 Å². The normalized spacial score (nSPS) is 17.8. The molecule has 0 amide bonds. The largest absolute Gasteiger partial charge is 0.489 e. The molecule has 1 fully saturated rings. The number of aromatic nitrogens is 1. The Bertz CT molecular complexity index is 888. The van der Waals surface area contributed by atoms with Crippen molar-refractivity contribution in [2.75, 3.05) is 13.1 Å². The van der Waals surface area contributed by atoms with Crippen molar-refractivity contribution in [3.8, 4) is 5.75 Å². The van der Waals surface area contributed by atoms with Gasteiger partial charge in [-0.2, -0.15) is 0 Å². The van der Waals surface area contributed by atoms with Crippen molar-refractivity contribution in [2.45, 2.75) is 19.1 Å². The van der Waals surface area contributed by atoms with Gasteiger partial charge < -0.3 is 14.8 Å². The SMILES string of the molecule is O=C(O)c1cc2cc(O[C@H]3CCN(Cc4ccccc4)C3)ccc2[nH]1. The van der Waals surface area contributed by atoms with E-state index >= 15 is 0 Å². The molecular weight excluding hydrogens is 316 g/mol. The molecule has 128 valence electrons. The highest BCUT2D eigenvalue weighted by atomic mass is 16.5. The highest BCUT2D eigenvalue weighted by molar-refractivity contribution is 5.94. The lowest BCUT2D eigenvalue weighted by Crippen LogP contribution is -2.24. The number of hydrogen-bond acceptors (Lipinski definition) is 3. The summed E-state index contributed by atoms with van der Waals surface area (Å²) in [6, 6.07) is 17.8. The number of benzene rings is 2. The Labute approximate surface area is 145 Å². The third-order valence-corrected chi connectivity index (χ3v) is 4.60. The number of ether oxygens (including phenoxy) is 1. The molecule has 5 heteroatoms. The van der Waals surface area contributed by atoms with Gasteiger partial charge in [0.2, 0.25) is 0 Å². The monoisotopic (exact) mass is 336 g/mol. The van der Waals surface area contributed by atoms with E-state index in [9.17, 15) is 4.79 Å². The lowest BCUT2D eigenvalue weighted by Gasteiger charge is -2.17. The summed E-state index contributed by atoms with van der Waals surface area (Å²) in [6.45, 7) is 2.87. The number of carbonyl (C=O) groups is 1. The average Bonchev–Trinajstić information content (AvgIpc) is 3.22. The second kappa shape index (κ2) is 6.61. The summed E-state index contributed by atoms with van der Waals surface area (Å²) in [7, 11) is 0. The number of fused-ring (bicyclic) bond motifs is 1. The van der Waals surface area contributed by atoms with Gasteiger partial charge in [0.1, 0.15) is 17.5 Å². The van der Waals surface area contributed by atoms with E-state index in [-0.39, 0.29) is 11.8 Å². The molecule has 2 N–H and O–H groups in total. The summed E-state index contributed by atoms with van der Waals surface area (Å²) in [4.78, 5) is 16.3. The second-order valence-electron chi connectivity index (χ2n) is 6.49. The predicted octanol–water partition coefficient (Wildman–Crippen LogP) is 3.52. The molecule has 1 saturated heterocycles. The Balaban J connectivity index is 1.40. The second-order valence-corrected chi connectivity index (χ2v) is 6.49. The zero-order valence-corrected chi connectivity index (χ0v) is 13.8. The molecule has 4 rings (SSSR count). The van der Waals surface area contributed by atoms with E-state index in [0.717, 1.165) is 42.7 Å². The Morgan fingerprint density at radius 2 is 2.04 bits per heavy atom. The van der Waals surface area contributed by atoms with Gasteiger partial charge in [0.05, 0.1) is 0 Å².